The van der Waals surface area contributed by atoms with Crippen molar-refractivity contribution >= 4 is 17.4 Å². The van der Waals surface area contributed by atoms with Crippen LogP contribution in [0, 0.1) is 13.8 Å². The number of methoxy groups -OCH3 is 2. The van der Waals surface area contributed by atoms with Crippen LogP contribution >= 0.6 is 0 Å². The SMILES string of the molecule is CCCCOc1ccc(C2/C(=C(\O)c3cc(C)ccc3C)C(=O)C(=O)N2CCCOC)cc1OC. The highest BCUT2D eigenvalue weighted by atomic mass is 16.5. The molecule has 7 heteroatoms. The second kappa shape index (κ2) is 11.9. The van der Waals surface area contributed by atoms with Crippen molar-refractivity contribution in [3.8, 4) is 11.5 Å². The molecule has 0 bridgehead atoms. The van der Waals surface area contributed by atoms with E-state index >= 15 is 0 Å². The third kappa shape index (κ3) is 5.68. The Balaban J connectivity index is 2.13. The predicted molar refractivity (Wildman–Crippen MR) is 135 cm³/mol. The maximum absolute atomic E-state index is 13.2. The minimum Gasteiger partial charge on any atom is -0.507 e. The van der Waals surface area contributed by atoms with Crippen LogP contribution in [0.15, 0.2) is 42.0 Å². The lowest BCUT2D eigenvalue weighted by molar-refractivity contribution is -0.140. The Bertz CT molecular complexity index is 1110. The zero-order valence-corrected chi connectivity index (χ0v) is 21.2. The Morgan fingerprint density at radius 2 is 1.77 bits per heavy atom. The average Bonchev–Trinajstić information content (AvgIpc) is 3.10. The molecule has 1 saturated heterocycles. The summed E-state index contributed by atoms with van der Waals surface area (Å²) >= 11 is 0. The number of hydrogen-bond acceptors (Lipinski definition) is 6. The Morgan fingerprint density at radius 3 is 2.46 bits per heavy atom. The van der Waals surface area contributed by atoms with Gasteiger partial charge in [0.15, 0.2) is 11.5 Å². The third-order valence-electron chi connectivity index (χ3n) is 6.19. The molecule has 1 aliphatic rings. The van der Waals surface area contributed by atoms with E-state index in [1.54, 1.807) is 26.4 Å². The molecule has 0 saturated carbocycles. The van der Waals surface area contributed by atoms with Gasteiger partial charge in [-0.1, -0.05) is 37.1 Å². The summed E-state index contributed by atoms with van der Waals surface area (Å²) < 4.78 is 16.6. The topological polar surface area (TPSA) is 85.3 Å². The van der Waals surface area contributed by atoms with Crippen LogP contribution in [0.5, 0.6) is 11.5 Å². The normalized spacial score (nSPS) is 17.2. The second-order valence-corrected chi connectivity index (χ2v) is 8.77. The van der Waals surface area contributed by atoms with E-state index in [0.29, 0.717) is 48.8 Å². The van der Waals surface area contributed by atoms with Gasteiger partial charge in [-0.2, -0.15) is 0 Å². The number of unbranched alkanes of at least 4 members (excludes halogenated alkanes) is 1. The van der Waals surface area contributed by atoms with Crippen molar-refractivity contribution in [1.29, 1.82) is 0 Å². The lowest BCUT2D eigenvalue weighted by Gasteiger charge is -2.26. The largest absolute Gasteiger partial charge is 0.507 e. The van der Waals surface area contributed by atoms with E-state index in [0.717, 1.165) is 24.0 Å². The number of aliphatic hydroxyl groups excluding tert-OH is 1. The summed E-state index contributed by atoms with van der Waals surface area (Å²) in [5.74, 6) is -0.414. The fourth-order valence-corrected chi connectivity index (χ4v) is 4.27. The third-order valence-corrected chi connectivity index (χ3v) is 6.19. The number of nitrogens with zero attached hydrogens (tertiary/aromatic N) is 1. The van der Waals surface area contributed by atoms with E-state index in [9.17, 15) is 14.7 Å². The van der Waals surface area contributed by atoms with Gasteiger partial charge in [-0.05, 0) is 56.0 Å². The molecule has 3 rings (SSSR count). The van der Waals surface area contributed by atoms with Gasteiger partial charge in [0, 0.05) is 25.8 Å². The molecule has 7 nitrogen and oxygen atoms in total. The number of rotatable bonds is 11. The van der Waals surface area contributed by atoms with Crippen molar-refractivity contribution in [3.63, 3.8) is 0 Å². The zero-order chi connectivity index (χ0) is 25.5. The van der Waals surface area contributed by atoms with Crippen LogP contribution < -0.4 is 9.47 Å². The smallest absolute Gasteiger partial charge is 0.295 e. The number of aryl methyl sites for hydroxylation is 2. The minimum absolute atomic E-state index is 0.0721. The highest BCUT2D eigenvalue weighted by Crippen LogP contribution is 2.42. The van der Waals surface area contributed by atoms with Gasteiger partial charge in [-0.25, -0.2) is 0 Å². The molecule has 1 aliphatic heterocycles. The molecule has 2 aromatic rings. The molecular formula is C28H35NO6. The summed E-state index contributed by atoms with van der Waals surface area (Å²) in [6, 6.07) is 10.3. The lowest BCUT2D eigenvalue weighted by Crippen LogP contribution is -2.31. The van der Waals surface area contributed by atoms with E-state index in [1.807, 2.05) is 38.1 Å². The van der Waals surface area contributed by atoms with Crippen LogP contribution in [-0.2, 0) is 14.3 Å². The quantitative estimate of drug-likeness (QED) is 0.212. The first-order valence-corrected chi connectivity index (χ1v) is 12.0. The second-order valence-electron chi connectivity index (χ2n) is 8.77. The molecule has 188 valence electrons. The maximum Gasteiger partial charge on any atom is 0.295 e. The molecule has 2 aromatic carbocycles. The van der Waals surface area contributed by atoms with Crippen LogP contribution in [-0.4, -0.2) is 55.7 Å². The fourth-order valence-electron chi connectivity index (χ4n) is 4.27. The van der Waals surface area contributed by atoms with E-state index in [-0.39, 0.29) is 11.3 Å². The van der Waals surface area contributed by atoms with Gasteiger partial charge in [0.2, 0.25) is 0 Å². The number of benzene rings is 2. The first-order valence-electron chi connectivity index (χ1n) is 12.0. The molecule has 0 aliphatic carbocycles. The van der Waals surface area contributed by atoms with Crippen molar-refractivity contribution in [2.45, 2.75) is 46.1 Å². The van der Waals surface area contributed by atoms with Crippen LogP contribution in [0.4, 0.5) is 0 Å². The summed E-state index contributed by atoms with van der Waals surface area (Å²) in [5.41, 5.74) is 3.03. The fraction of sp³-hybridized carbons (Fsp3) is 0.429. The number of Topliss-reactive ketones (excluding diaryl/α,β-unsaturated/α-hetero) is 1. The van der Waals surface area contributed by atoms with E-state index in [2.05, 4.69) is 6.92 Å². The summed E-state index contributed by atoms with van der Waals surface area (Å²) in [7, 11) is 3.14. The minimum atomic E-state index is -0.759. The van der Waals surface area contributed by atoms with Crippen LogP contribution in [0.3, 0.4) is 0 Å². The summed E-state index contributed by atoms with van der Waals surface area (Å²) in [5, 5.41) is 11.4. The van der Waals surface area contributed by atoms with Crippen molar-refractivity contribution < 1.29 is 28.9 Å². The molecule has 1 unspecified atom stereocenters. The summed E-state index contributed by atoms with van der Waals surface area (Å²) in [4.78, 5) is 27.9. The summed E-state index contributed by atoms with van der Waals surface area (Å²) in [6.45, 7) is 7.19. The van der Waals surface area contributed by atoms with Crippen molar-refractivity contribution in [3.05, 3.63) is 64.2 Å². The van der Waals surface area contributed by atoms with Crippen LogP contribution in [0.1, 0.15) is 54.5 Å². The molecule has 1 atom stereocenters. The predicted octanol–water partition coefficient (Wildman–Crippen LogP) is 4.95. The van der Waals surface area contributed by atoms with Gasteiger partial charge >= 0.3 is 0 Å². The number of hydrogen-bond donors (Lipinski definition) is 1. The standard InChI is InChI=1S/C28H35NO6/c1-6-7-15-35-22-12-11-20(17-23(22)34-5)25-24(26(30)21-16-18(2)9-10-19(21)3)27(31)28(32)29(25)13-8-14-33-4/h9-12,16-17,25,30H,6-8,13-15H2,1-5H3/b26-24+. The summed E-state index contributed by atoms with van der Waals surface area (Å²) in [6.07, 6.45) is 2.48. The zero-order valence-electron chi connectivity index (χ0n) is 21.2. The molecule has 0 aromatic heterocycles. The van der Waals surface area contributed by atoms with Gasteiger partial charge in [0.1, 0.15) is 5.76 Å². The Hall–Kier alpha value is -3.32. The Kier molecular flexibility index (Phi) is 8.93. The van der Waals surface area contributed by atoms with Gasteiger partial charge in [0.05, 0.1) is 25.3 Å². The first kappa shape index (κ1) is 26.3. The lowest BCUT2D eigenvalue weighted by atomic mass is 9.93. The Labute approximate surface area is 207 Å². The van der Waals surface area contributed by atoms with Crippen molar-refractivity contribution in [1.82, 2.24) is 4.90 Å². The maximum atomic E-state index is 13.2. The van der Waals surface area contributed by atoms with Crippen LogP contribution in [0.2, 0.25) is 0 Å². The Morgan fingerprint density at radius 1 is 1.00 bits per heavy atom. The monoisotopic (exact) mass is 481 g/mol. The molecule has 1 fully saturated rings. The number of carbonyl (C=O) groups is 2. The molecule has 1 heterocycles. The van der Waals surface area contributed by atoms with Crippen molar-refractivity contribution in [2.75, 3.05) is 34.0 Å². The van der Waals surface area contributed by atoms with Crippen LogP contribution in [0.25, 0.3) is 5.76 Å². The van der Waals surface area contributed by atoms with E-state index in [4.69, 9.17) is 14.2 Å². The number of likely N-dealkylation sites (tertiary alicyclic amines) is 1. The molecular weight excluding hydrogens is 446 g/mol. The highest BCUT2D eigenvalue weighted by molar-refractivity contribution is 6.46. The van der Waals surface area contributed by atoms with Gasteiger partial charge in [-0.3, -0.25) is 9.59 Å². The molecule has 0 spiro atoms. The molecule has 0 radical (unpaired) electrons. The first-order chi connectivity index (χ1) is 16.8. The molecule has 1 amide bonds. The van der Waals surface area contributed by atoms with E-state index in [1.165, 1.54) is 4.90 Å². The number of amides is 1. The van der Waals surface area contributed by atoms with E-state index < -0.39 is 17.7 Å². The van der Waals surface area contributed by atoms with Crippen molar-refractivity contribution in [2.24, 2.45) is 0 Å². The number of carbonyl (C=O) groups excluding carboxylic acids is 2. The molecule has 1 N–H and O–H groups in total. The average molecular weight is 482 g/mol. The number of aliphatic hydroxyl groups is 1. The number of ether oxygens (including phenoxy) is 3. The highest BCUT2D eigenvalue weighted by Gasteiger charge is 2.46. The number of ketones is 1. The van der Waals surface area contributed by atoms with Gasteiger partial charge < -0.3 is 24.2 Å². The van der Waals surface area contributed by atoms with Gasteiger partial charge in [0.25, 0.3) is 11.7 Å². The molecule has 35 heavy (non-hydrogen) atoms. The van der Waals surface area contributed by atoms with Gasteiger partial charge in [-0.15, -0.1) is 0 Å².